The molecule has 7 heteroatoms. The Labute approximate surface area is 124 Å². The minimum Gasteiger partial charge on any atom is -0.389 e. The summed E-state index contributed by atoms with van der Waals surface area (Å²) in [6, 6.07) is 6.97. The molecule has 0 bridgehead atoms. The van der Waals surface area contributed by atoms with E-state index >= 15 is 0 Å². The predicted octanol–water partition coefficient (Wildman–Crippen LogP) is 0.871. The second kappa shape index (κ2) is 6.17. The molecule has 1 unspecified atom stereocenters. The van der Waals surface area contributed by atoms with Crippen molar-refractivity contribution in [2.24, 2.45) is 5.73 Å². The average molecular weight is 314 g/mol. The second-order valence-corrected chi connectivity index (χ2v) is 7.28. The van der Waals surface area contributed by atoms with Gasteiger partial charge in [0.2, 0.25) is 10.0 Å². The summed E-state index contributed by atoms with van der Waals surface area (Å²) < 4.78 is 31.5. The van der Waals surface area contributed by atoms with Gasteiger partial charge in [-0.3, -0.25) is 0 Å². The van der Waals surface area contributed by atoms with Gasteiger partial charge in [-0.15, -0.1) is 0 Å². The highest BCUT2D eigenvalue weighted by atomic mass is 32.2. The quantitative estimate of drug-likeness (QED) is 0.817. The Bertz CT molecular complexity index is 595. The molecule has 1 aliphatic rings. The molecular weight excluding hydrogens is 296 g/mol. The molecule has 0 saturated carbocycles. The van der Waals surface area contributed by atoms with Crippen LogP contribution in [0.25, 0.3) is 0 Å². The van der Waals surface area contributed by atoms with E-state index in [2.05, 4.69) is 0 Å². The molecule has 0 aliphatic carbocycles. The van der Waals surface area contributed by atoms with Gasteiger partial charge in [0.1, 0.15) is 4.99 Å². The monoisotopic (exact) mass is 314 g/mol. The first-order valence-corrected chi connectivity index (χ1v) is 8.34. The number of ether oxygens (including phenoxy) is 1. The van der Waals surface area contributed by atoms with Crippen LogP contribution < -0.4 is 5.73 Å². The van der Waals surface area contributed by atoms with Gasteiger partial charge < -0.3 is 10.5 Å². The largest absolute Gasteiger partial charge is 0.389 e. The fraction of sp³-hybridized carbons (Fsp3) is 0.462. The summed E-state index contributed by atoms with van der Waals surface area (Å²) in [5, 5.41) is 0. The number of sulfonamides is 1. The summed E-state index contributed by atoms with van der Waals surface area (Å²) in [5.74, 6) is -0.104. The van der Waals surface area contributed by atoms with Crippen LogP contribution in [0.5, 0.6) is 0 Å². The number of rotatable bonds is 5. The van der Waals surface area contributed by atoms with E-state index < -0.39 is 10.0 Å². The van der Waals surface area contributed by atoms with Crippen molar-refractivity contribution in [1.82, 2.24) is 4.31 Å². The lowest BCUT2D eigenvalue weighted by Gasteiger charge is -2.23. The van der Waals surface area contributed by atoms with E-state index in [-0.39, 0.29) is 16.8 Å². The molecule has 1 atom stereocenters. The zero-order valence-corrected chi connectivity index (χ0v) is 12.9. The molecule has 2 N–H and O–H groups in total. The van der Waals surface area contributed by atoms with Crippen molar-refractivity contribution < 1.29 is 13.2 Å². The highest BCUT2D eigenvalue weighted by Gasteiger charge is 2.29. The maximum Gasteiger partial charge on any atom is 0.218 e. The van der Waals surface area contributed by atoms with Crippen molar-refractivity contribution in [2.75, 3.05) is 20.3 Å². The molecule has 110 valence electrons. The van der Waals surface area contributed by atoms with Crippen LogP contribution in [0.3, 0.4) is 0 Å². The highest BCUT2D eigenvalue weighted by molar-refractivity contribution is 7.88. The third kappa shape index (κ3) is 3.35. The Kier molecular flexibility index (Phi) is 4.74. The maximum atomic E-state index is 12.4. The molecule has 0 spiro atoms. The molecule has 0 amide bonds. The predicted molar refractivity (Wildman–Crippen MR) is 81.9 cm³/mol. The Morgan fingerprint density at radius 2 is 2.20 bits per heavy atom. The van der Waals surface area contributed by atoms with Crippen LogP contribution in [-0.2, 0) is 20.5 Å². The van der Waals surface area contributed by atoms with Crippen LogP contribution in [0, 0.1) is 0 Å². The zero-order valence-electron chi connectivity index (χ0n) is 11.3. The van der Waals surface area contributed by atoms with E-state index in [1.54, 1.807) is 31.3 Å². The molecule has 1 aliphatic heterocycles. The molecule has 1 heterocycles. The van der Waals surface area contributed by atoms with Crippen LogP contribution in [-0.4, -0.2) is 44.0 Å². The van der Waals surface area contributed by atoms with Crippen LogP contribution >= 0.6 is 12.2 Å². The SMILES string of the molecule is CN(C1CCOC1)S(=O)(=O)Cc1ccccc1C(N)=S. The lowest BCUT2D eigenvalue weighted by atomic mass is 10.1. The van der Waals surface area contributed by atoms with E-state index in [9.17, 15) is 8.42 Å². The Morgan fingerprint density at radius 3 is 2.80 bits per heavy atom. The van der Waals surface area contributed by atoms with Crippen molar-refractivity contribution in [3.63, 3.8) is 0 Å². The molecule has 1 fully saturated rings. The number of nitrogens with zero attached hydrogens (tertiary/aromatic N) is 1. The van der Waals surface area contributed by atoms with Gasteiger partial charge >= 0.3 is 0 Å². The van der Waals surface area contributed by atoms with E-state index in [0.29, 0.717) is 24.3 Å². The summed E-state index contributed by atoms with van der Waals surface area (Å²) in [4.78, 5) is 0.211. The van der Waals surface area contributed by atoms with Crippen molar-refractivity contribution in [3.8, 4) is 0 Å². The summed E-state index contributed by atoms with van der Waals surface area (Å²) >= 11 is 4.96. The number of likely N-dealkylation sites (N-methyl/N-ethyl adjacent to an activating group) is 1. The molecule has 1 saturated heterocycles. The first kappa shape index (κ1) is 15.4. The normalized spacial score (nSPS) is 19.4. The van der Waals surface area contributed by atoms with Gasteiger partial charge in [-0.25, -0.2) is 8.42 Å². The van der Waals surface area contributed by atoms with E-state index in [1.165, 1.54) is 4.31 Å². The second-order valence-electron chi connectivity index (χ2n) is 4.81. The lowest BCUT2D eigenvalue weighted by molar-refractivity contribution is 0.181. The topological polar surface area (TPSA) is 72.6 Å². The van der Waals surface area contributed by atoms with Gasteiger partial charge in [-0.05, 0) is 12.0 Å². The minimum absolute atomic E-state index is 0.0861. The summed E-state index contributed by atoms with van der Waals surface area (Å²) in [5.41, 5.74) is 6.88. The molecular formula is C13H18N2O3S2. The van der Waals surface area contributed by atoms with E-state index in [4.69, 9.17) is 22.7 Å². The summed E-state index contributed by atoms with van der Waals surface area (Å²) in [6.07, 6.45) is 0.729. The molecule has 0 aromatic heterocycles. The molecule has 0 radical (unpaired) electrons. The first-order valence-electron chi connectivity index (χ1n) is 6.33. The van der Waals surface area contributed by atoms with Crippen molar-refractivity contribution in [1.29, 1.82) is 0 Å². The van der Waals surface area contributed by atoms with Gasteiger partial charge in [0.25, 0.3) is 0 Å². The number of thiocarbonyl (C=S) groups is 1. The van der Waals surface area contributed by atoms with E-state index in [0.717, 1.165) is 6.42 Å². The van der Waals surface area contributed by atoms with Crippen LogP contribution in [0.4, 0.5) is 0 Å². The summed E-state index contributed by atoms with van der Waals surface area (Å²) in [6.45, 7) is 1.06. The number of nitrogens with two attached hydrogens (primary N) is 1. The summed E-state index contributed by atoms with van der Waals surface area (Å²) in [7, 11) is -1.82. The lowest BCUT2D eigenvalue weighted by Crippen LogP contribution is -2.38. The van der Waals surface area contributed by atoms with Gasteiger partial charge in [0.05, 0.1) is 18.4 Å². The Hall–Kier alpha value is -1.02. The van der Waals surface area contributed by atoms with Crippen LogP contribution in [0.1, 0.15) is 17.5 Å². The molecule has 20 heavy (non-hydrogen) atoms. The van der Waals surface area contributed by atoms with Crippen LogP contribution in [0.2, 0.25) is 0 Å². The standard InChI is InChI=1S/C13H18N2O3S2/c1-15(11-6-7-18-8-11)20(16,17)9-10-4-2-3-5-12(10)13(14)19/h2-5,11H,6-9H2,1H3,(H2,14,19). The van der Waals surface area contributed by atoms with Gasteiger partial charge in [0, 0.05) is 19.2 Å². The average Bonchev–Trinajstić information content (AvgIpc) is 2.91. The third-order valence-electron chi connectivity index (χ3n) is 3.48. The number of hydrogen-bond donors (Lipinski definition) is 1. The fourth-order valence-electron chi connectivity index (χ4n) is 2.22. The zero-order chi connectivity index (χ0) is 14.8. The van der Waals surface area contributed by atoms with E-state index in [1.807, 2.05) is 0 Å². The molecule has 5 nitrogen and oxygen atoms in total. The van der Waals surface area contributed by atoms with Crippen LogP contribution in [0.15, 0.2) is 24.3 Å². The molecule has 2 rings (SSSR count). The smallest absolute Gasteiger partial charge is 0.218 e. The van der Waals surface area contributed by atoms with Gasteiger partial charge in [0.15, 0.2) is 0 Å². The maximum absolute atomic E-state index is 12.4. The number of hydrogen-bond acceptors (Lipinski definition) is 4. The van der Waals surface area contributed by atoms with Crippen molar-refractivity contribution in [3.05, 3.63) is 35.4 Å². The highest BCUT2D eigenvalue weighted by Crippen LogP contribution is 2.19. The van der Waals surface area contributed by atoms with Crippen molar-refractivity contribution in [2.45, 2.75) is 18.2 Å². The molecule has 1 aromatic carbocycles. The Morgan fingerprint density at radius 1 is 1.50 bits per heavy atom. The molecule has 1 aromatic rings. The third-order valence-corrected chi connectivity index (χ3v) is 5.55. The first-order chi connectivity index (χ1) is 9.42. The van der Waals surface area contributed by atoms with Crippen molar-refractivity contribution >= 4 is 27.2 Å². The Balaban J connectivity index is 2.22. The number of benzene rings is 1. The minimum atomic E-state index is -3.41. The van der Waals surface area contributed by atoms with Gasteiger partial charge in [-0.2, -0.15) is 4.31 Å². The fourth-order valence-corrected chi connectivity index (χ4v) is 3.89. The van der Waals surface area contributed by atoms with Gasteiger partial charge in [-0.1, -0.05) is 36.5 Å².